The Labute approximate surface area is 120 Å². The van der Waals surface area contributed by atoms with Crippen LogP contribution >= 0.6 is 23.2 Å². The third-order valence-corrected chi connectivity index (χ3v) is 3.56. The van der Waals surface area contributed by atoms with Crippen molar-refractivity contribution in [1.82, 2.24) is 9.88 Å². The molecule has 19 heavy (non-hydrogen) atoms. The maximum atomic E-state index is 13.4. The Morgan fingerprint density at radius 1 is 1.47 bits per heavy atom. The molecule has 1 aliphatic rings. The molecule has 1 aromatic heterocycles. The van der Waals surface area contributed by atoms with Crippen LogP contribution in [0.25, 0.3) is 0 Å². The molecule has 1 amide bonds. The number of rotatable bonds is 1. The zero-order valence-electron chi connectivity index (χ0n) is 10.5. The largest absolute Gasteiger partial charge is 0.377 e. The van der Waals surface area contributed by atoms with Crippen LogP contribution < -0.4 is 0 Å². The van der Waals surface area contributed by atoms with Gasteiger partial charge in [0.15, 0.2) is 11.0 Å². The summed E-state index contributed by atoms with van der Waals surface area (Å²) in [4.78, 5) is 17.7. The fourth-order valence-corrected chi connectivity index (χ4v) is 2.38. The first-order valence-electron chi connectivity index (χ1n) is 5.74. The molecule has 1 aromatic rings. The molecule has 7 heteroatoms. The molecule has 0 radical (unpaired) electrons. The van der Waals surface area contributed by atoms with E-state index in [0.717, 1.165) is 6.07 Å². The highest BCUT2D eigenvalue weighted by Crippen LogP contribution is 2.26. The Bertz CT molecular complexity index is 523. The molecule has 0 aliphatic carbocycles. The first-order chi connectivity index (χ1) is 8.83. The van der Waals surface area contributed by atoms with Crippen LogP contribution in [0.5, 0.6) is 0 Å². The van der Waals surface area contributed by atoms with Gasteiger partial charge in [-0.2, -0.15) is 0 Å². The van der Waals surface area contributed by atoms with E-state index in [-0.39, 0.29) is 21.8 Å². The Balaban J connectivity index is 2.36. The van der Waals surface area contributed by atoms with E-state index in [9.17, 15) is 9.18 Å². The zero-order chi connectivity index (χ0) is 14.2. The van der Waals surface area contributed by atoms with Crippen LogP contribution in [0.15, 0.2) is 6.07 Å². The molecule has 0 bridgehead atoms. The number of hydrogen-bond donors (Lipinski definition) is 0. The normalized spacial score (nSPS) is 18.5. The fourth-order valence-electron chi connectivity index (χ4n) is 1.98. The van der Waals surface area contributed by atoms with Gasteiger partial charge in [0.2, 0.25) is 0 Å². The van der Waals surface area contributed by atoms with E-state index >= 15 is 0 Å². The highest BCUT2D eigenvalue weighted by atomic mass is 35.5. The van der Waals surface area contributed by atoms with Crippen LogP contribution in [0.2, 0.25) is 10.3 Å². The molecule has 2 heterocycles. The Morgan fingerprint density at radius 2 is 2.16 bits per heavy atom. The molecular formula is C12H13Cl2FN2O2. The van der Waals surface area contributed by atoms with Gasteiger partial charge in [0.1, 0.15) is 5.15 Å². The van der Waals surface area contributed by atoms with Crippen LogP contribution in [0, 0.1) is 5.82 Å². The Kier molecular flexibility index (Phi) is 3.99. The number of amides is 1. The molecule has 104 valence electrons. The molecule has 0 aromatic carbocycles. The van der Waals surface area contributed by atoms with Crippen LogP contribution in [-0.4, -0.2) is 41.1 Å². The number of halogens is 3. The van der Waals surface area contributed by atoms with E-state index in [1.807, 2.05) is 13.8 Å². The number of carbonyl (C=O) groups is 1. The van der Waals surface area contributed by atoms with Crippen molar-refractivity contribution < 1.29 is 13.9 Å². The summed E-state index contributed by atoms with van der Waals surface area (Å²) in [5.74, 6) is -1.14. The summed E-state index contributed by atoms with van der Waals surface area (Å²) in [5.41, 5.74) is -0.465. The van der Waals surface area contributed by atoms with Gasteiger partial charge in [0.25, 0.3) is 5.91 Å². The van der Waals surface area contributed by atoms with Gasteiger partial charge in [-0.3, -0.25) is 4.79 Å². The van der Waals surface area contributed by atoms with Crippen molar-refractivity contribution in [3.63, 3.8) is 0 Å². The molecular weight excluding hydrogens is 294 g/mol. The monoisotopic (exact) mass is 306 g/mol. The Morgan fingerprint density at radius 3 is 2.79 bits per heavy atom. The minimum atomic E-state index is -0.763. The van der Waals surface area contributed by atoms with Gasteiger partial charge in [-0.05, 0) is 19.9 Å². The number of nitrogens with zero attached hydrogens (tertiary/aromatic N) is 2. The van der Waals surface area contributed by atoms with Gasteiger partial charge in [-0.1, -0.05) is 23.2 Å². The second-order valence-electron chi connectivity index (χ2n) is 4.92. The second kappa shape index (κ2) is 5.23. The summed E-state index contributed by atoms with van der Waals surface area (Å²) in [6.45, 7) is 5.03. The van der Waals surface area contributed by atoms with Gasteiger partial charge in [0.05, 0.1) is 24.3 Å². The molecule has 4 nitrogen and oxygen atoms in total. The number of carbonyl (C=O) groups excluding carboxylic acids is 1. The number of hydrogen-bond acceptors (Lipinski definition) is 3. The third-order valence-electron chi connectivity index (χ3n) is 3.01. The van der Waals surface area contributed by atoms with Crippen LogP contribution in [-0.2, 0) is 4.74 Å². The van der Waals surface area contributed by atoms with Gasteiger partial charge in [-0.15, -0.1) is 0 Å². The molecule has 0 N–H and O–H groups in total. The van der Waals surface area contributed by atoms with Crippen molar-refractivity contribution >= 4 is 29.1 Å². The van der Waals surface area contributed by atoms with E-state index in [0.29, 0.717) is 19.8 Å². The topological polar surface area (TPSA) is 42.4 Å². The number of pyridine rings is 1. The molecule has 0 atom stereocenters. The van der Waals surface area contributed by atoms with Crippen molar-refractivity contribution in [2.24, 2.45) is 0 Å². The van der Waals surface area contributed by atoms with Gasteiger partial charge in [0, 0.05) is 6.54 Å². The van der Waals surface area contributed by atoms with E-state index in [2.05, 4.69) is 4.98 Å². The van der Waals surface area contributed by atoms with E-state index in [1.54, 1.807) is 4.90 Å². The first-order valence-corrected chi connectivity index (χ1v) is 6.50. The standard InChI is InChI=1S/C12H13Cl2FN2O2/c1-12(2)6-19-4-3-17(12)11(18)7-5-8(15)10(14)16-9(7)13/h5H,3-4,6H2,1-2H3. The molecule has 0 unspecified atom stereocenters. The maximum absolute atomic E-state index is 13.4. The summed E-state index contributed by atoms with van der Waals surface area (Å²) < 4.78 is 18.8. The summed E-state index contributed by atoms with van der Waals surface area (Å²) >= 11 is 11.4. The first kappa shape index (κ1) is 14.5. The van der Waals surface area contributed by atoms with Crippen molar-refractivity contribution in [2.45, 2.75) is 19.4 Å². The zero-order valence-corrected chi connectivity index (χ0v) is 12.1. The summed E-state index contributed by atoms with van der Waals surface area (Å²) in [6.07, 6.45) is 0. The second-order valence-corrected chi connectivity index (χ2v) is 5.64. The lowest BCUT2D eigenvalue weighted by Crippen LogP contribution is -2.55. The number of aromatic nitrogens is 1. The average Bonchev–Trinajstić information content (AvgIpc) is 2.32. The molecule has 0 saturated carbocycles. The lowest BCUT2D eigenvalue weighted by atomic mass is 10.0. The molecule has 2 rings (SSSR count). The molecule has 1 aliphatic heterocycles. The van der Waals surface area contributed by atoms with Crippen molar-refractivity contribution in [3.8, 4) is 0 Å². The molecule has 1 fully saturated rings. The van der Waals surface area contributed by atoms with Crippen molar-refractivity contribution in [3.05, 3.63) is 27.8 Å². The quantitative estimate of drug-likeness (QED) is 0.749. The van der Waals surface area contributed by atoms with Gasteiger partial charge >= 0.3 is 0 Å². The highest BCUT2D eigenvalue weighted by Gasteiger charge is 2.35. The lowest BCUT2D eigenvalue weighted by molar-refractivity contribution is -0.0370. The number of morpholine rings is 1. The molecule has 1 saturated heterocycles. The number of ether oxygens (including phenoxy) is 1. The fraction of sp³-hybridized carbons (Fsp3) is 0.500. The minimum absolute atomic E-state index is 0.0125. The van der Waals surface area contributed by atoms with Gasteiger partial charge < -0.3 is 9.64 Å². The average molecular weight is 307 g/mol. The van der Waals surface area contributed by atoms with Crippen molar-refractivity contribution in [1.29, 1.82) is 0 Å². The van der Waals surface area contributed by atoms with E-state index in [1.165, 1.54) is 0 Å². The van der Waals surface area contributed by atoms with E-state index in [4.69, 9.17) is 27.9 Å². The third kappa shape index (κ3) is 2.83. The molecule has 0 spiro atoms. The maximum Gasteiger partial charge on any atom is 0.257 e. The van der Waals surface area contributed by atoms with Crippen LogP contribution in [0.3, 0.4) is 0 Å². The van der Waals surface area contributed by atoms with Crippen LogP contribution in [0.1, 0.15) is 24.2 Å². The predicted octanol–water partition coefficient (Wildman–Crippen LogP) is 2.78. The summed E-state index contributed by atoms with van der Waals surface area (Å²) in [7, 11) is 0. The lowest BCUT2D eigenvalue weighted by Gasteiger charge is -2.42. The SMILES string of the molecule is CC1(C)COCCN1C(=O)c1cc(F)c(Cl)nc1Cl. The Hall–Kier alpha value is -0.910. The smallest absolute Gasteiger partial charge is 0.257 e. The van der Waals surface area contributed by atoms with Gasteiger partial charge in [-0.25, -0.2) is 9.37 Å². The highest BCUT2D eigenvalue weighted by molar-refractivity contribution is 6.34. The summed E-state index contributed by atoms with van der Waals surface area (Å²) in [6, 6.07) is 1.02. The predicted molar refractivity (Wildman–Crippen MR) is 70.1 cm³/mol. The summed E-state index contributed by atoms with van der Waals surface area (Å²) in [5, 5.41) is -0.443. The van der Waals surface area contributed by atoms with E-state index < -0.39 is 11.4 Å². The van der Waals surface area contributed by atoms with Crippen molar-refractivity contribution in [2.75, 3.05) is 19.8 Å². The van der Waals surface area contributed by atoms with Crippen LogP contribution in [0.4, 0.5) is 4.39 Å². The minimum Gasteiger partial charge on any atom is -0.377 e.